The van der Waals surface area contributed by atoms with Gasteiger partial charge in [-0.05, 0) is 18.4 Å². The van der Waals surface area contributed by atoms with Crippen LogP contribution in [0.25, 0.3) is 0 Å². The van der Waals surface area contributed by atoms with E-state index in [-0.39, 0.29) is 11.6 Å². The van der Waals surface area contributed by atoms with Gasteiger partial charge in [-0.3, -0.25) is 0 Å². The van der Waals surface area contributed by atoms with Gasteiger partial charge in [0.1, 0.15) is 17.4 Å². The van der Waals surface area contributed by atoms with E-state index in [1.165, 1.54) is 36.0 Å². The van der Waals surface area contributed by atoms with Gasteiger partial charge in [0, 0.05) is 17.8 Å². The first-order valence-electron chi connectivity index (χ1n) is 5.67. The number of rotatable bonds is 4. The van der Waals surface area contributed by atoms with Crippen molar-refractivity contribution in [2.45, 2.75) is 11.5 Å². The van der Waals surface area contributed by atoms with E-state index >= 15 is 0 Å². The van der Waals surface area contributed by atoms with Crippen LogP contribution in [0.3, 0.4) is 0 Å². The van der Waals surface area contributed by atoms with Crippen LogP contribution in [0.1, 0.15) is 0 Å². The summed E-state index contributed by atoms with van der Waals surface area (Å²) in [6.45, 7) is 0. The maximum Gasteiger partial charge on any atom is 0.573 e. The Morgan fingerprint density at radius 2 is 2.00 bits per heavy atom. The molecule has 3 N–H and O–H groups in total. The van der Waals surface area contributed by atoms with Crippen molar-refractivity contribution in [3.8, 4) is 5.75 Å². The number of nitrogen functional groups attached to an aromatic ring is 1. The van der Waals surface area contributed by atoms with Crippen molar-refractivity contribution >= 4 is 29.1 Å². The number of nitrogens with two attached hydrogens (primary N) is 1. The average Bonchev–Trinajstić information content (AvgIpc) is 2.36. The maximum atomic E-state index is 12.2. The average molecular weight is 316 g/mol. The van der Waals surface area contributed by atoms with E-state index in [9.17, 15) is 13.2 Å². The molecule has 2 aromatic rings. The molecule has 0 amide bonds. The summed E-state index contributed by atoms with van der Waals surface area (Å²) in [5.74, 6) is 0.329. The minimum absolute atomic E-state index is 0.263. The SMILES string of the molecule is CSc1nc(N)cc(Nc2cccc(OC(F)(F)F)c2)n1. The molecule has 0 atom stereocenters. The smallest absolute Gasteiger partial charge is 0.406 e. The summed E-state index contributed by atoms with van der Waals surface area (Å²) in [5, 5.41) is 3.31. The summed E-state index contributed by atoms with van der Waals surface area (Å²) in [4.78, 5) is 8.13. The Bertz CT molecular complexity index is 636. The quantitative estimate of drug-likeness (QED) is 0.665. The molecular weight excluding hydrogens is 305 g/mol. The van der Waals surface area contributed by atoms with Gasteiger partial charge in [-0.2, -0.15) is 0 Å². The summed E-state index contributed by atoms with van der Waals surface area (Å²) in [6.07, 6.45) is -2.94. The predicted octanol–water partition coefficient (Wildman–Crippen LogP) is 3.42. The van der Waals surface area contributed by atoms with Crippen LogP contribution in [0.4, 0.5) is 30.5 Å². The first-order chi connectivity index (χ1) is 9.85. The Morgan fingerprint density at radius 1 is 1.24 bits per heavy atom. The largest absolute Gasteiger partial charge is 0.573 e. The molecule has 1 aromatic carbocycles. The number of ether oxygens (including phenoxy) is 1. The standard InChI is InChI=1S/C12H11F3N4OS/c1-21-11-18-9(16)6-10(19-11)17-7-3-2-4-8(5-7)20-12(13,14)15/h2-6H,1H3,(H3,16,17,18,19). The lowest BCUT2D eigenvalue weighted by Crippen LogP contribution is -2.17. The van der Waals surface area contributed by atoms with Crippen LogP contribution in [0.15, 0.2) is 35.5 Å². The molecule has 0 radical (unpaired) electrons. The van der Waals surface area contributed by atoms with Crippen LogP contribution in [-0.2, 0) is 0 Å². The highest BCUT2D eigenvalue weighted by Crippen LogP contribution is 2.26. The minimum atomic E-state index is -4.73. The monoisotopic (exact) mass is 316 g/mol. The lowest BCUT2D eigenvalue weighted by atomic mass is 10.3. The number of alkyl halides is 3. The van der Waals surface area contributed by atoms with Crippen LogP contribution in [0, 0.1) is 0 Å². The molecule has 21 heavy (non-hydrogen) atoms. The van der Waals surface area contributed by atoms with Crippen LogP contribution in [0.5, 0.6) is 5.75 Å². The molecule has 0 fully saturated rings. The highest BCUT2D eigenvalue weighted by atomic mass is 32.2. The molecule has 1 heterocycles. The summed E-state index contributed by atoms with van der Waals surface area (Å²) in [7, 11) is 0. The van der Waals surface area contributed by atoms with Gasteiger partial charge in [0.25, 0.3) is 0 Å². The first-order valence-corrected chi connectivity index (χ1v) is 6.89. The Kier molecular flexibility index (Phi) is 4.41. The van der Waals surface area contributed by atoms with Gasteiger partial charge in [-0.1, -0.05) is 17.8 Å². The van der Waals surface area contributed by atoms with Crippen LogP contribution < -0.4 is 15.8 Å². The van der Waals surface area contributed by atoms with Crippen LogP contribution in [0.2, 0.25) is 0 Å². The fraction of sp³-hybridized carbons (Fsp3) is 0.167. The van der Waals surface area contributed by atoms with E-state index in [2.05, 4.69) is 20.0 Å². The van der Waals surface area contributed by atoms with E-state index in [4.69, 9.17) is 5.73 Å². The Morgan fingerprint density at radius 3 is 2.67 bits per heavy atom. The summed E-state index contributed by atoms with van der Waals surface area (Å²) < 4.78 is 40.4. The number of aromatic nitrogens is 2. The third kappa shape index (κ3) is 4.71. The third-order valence-electron chi connectivity index (χ3n) is 2.25. The van der Waals surface area contributed by atoms with Gasteiger partial charge in [0.2, 0.25) is 0 Å². The highest BCUT2D eigenvalue weighted by Gasteiger charge is 2.31. The van der Waals surface area contributed by atoms with Crippen molar-refractivity contribution in [3.05, 3.63) is 30.3 Å². The number of nitrogens with zero attached hydrogens (tertiary/aromatic N) is 2. The van der Waals surface area contributed by atoms with Crippen LogP contribution >= 0.6 is 11.8 Å². The zero-order chi connectivity index (χ0) is 15.5. The number of anilines is 3. The fourth-order valence-electron chi connectivity index (χ4n) is 1.52. The zero-order valence-corrected chi connectivity index (χ0v) is 11.6. The topological polar surface area (TPSA) is 73.1 Å². The summed E-state index contributed by atoms with van der Waals surface area (Å²) >= 11 is 1.30. The number of hydrogen-bond acceptors (Lipinski definition) is 6. The number of benzene rings is 1. The third-order valence-corrected chi connectivity index (χ3v) is 2.80. The van der Waals surface area contributed by atoms with E-state index in [0.29, 0.717) is 16.7 Å². The second kappa shape index (κ2) is 6.08. The second-order valence-corrected chi connectivity index (χ2v) is 4.64. The molecule has 0 spiro atoms. The number of thioether (sulfide) groups is 1. The molecule has 0 saturated heterocycles. The molecule has 1 aromatic heterocycles. The van der Waals surface area contributed by atoms with Crippen molar-refractivity contribution in [1.29, 1.82) is 0 Å². The molecular formula is C12H11F3N4OS. The van der Waals surface area contributed by atoms with Crippen molar-refractivity contribution in [2.75, 3.05) is 17.3 Å². The van der Waals surface area contributed by atoms with Crippen molar-refractivity contribution in [2.24, 2.45) is 0 Å². The highest BCUT2D eigenvalue weighted by molar-refractivity contribution is 7.98. The lowest BCUT2D eigenvalue weighted by molar-refractivity contribution is -0.274. The molecule has 0 aliphatic carbocycles. The normalized spacial score (nSPS) is 11.2. The Hall–Kier alpha value is -2.16. The molecule has 0 unspecified atom stereocenters. The molecule has 2 rings (SSSR count). The van der Waals surface area contributed by atoms with Gasteiger partial charge in [0.15, 0.2) is 5.16 Å². The first kappa shape index (κ1) is 15.2. The molecule has 0 aliphatic rings. The van der Waals surface area contributed by atoms with Gasteiger partial charge < -0.3 is 15.8 Å². The van der Waals surface area contributed by atoms with Crippen molar-refractivity contribution < 1.29 is 17.9 Å². The molecule has 0 bridgehead atoms. The van der Waals surface area contributed by atoms with Crippen LogP contribution in [-0.4, -0.2) is 22.6 Å². The number of halogens is 3. The lowest BCUT2D eigenvalue weighted by Gasteiger charge is -2.11. The summed E-state index contributed by atoms with van der Waals surface area (Å²) in [6, 6.07) is 6.92. The zero-order valence-electron chi connectivity index (χ0n) is 10.8. The molecule has 5 nitrogen and oxygen atoms in total. The Balaban J connectivity index is 2.20. The minimum Gasteiger partial charge on any atom is -0.406 e. The predicted molar refractivity (Wildman–Crippen MR) is 74.6 cm³/mol. The van der Waals surface area contributed by atoms with Gasteiger partial charge in [-0.25, -0.2) is 9.97 Å². The second-order valence-electron chi connectivity index (χ2n) is 3.87. The summed E-state index contributed by atoms with van der Waals surface area (Å²) in [5.41, 5.74) is 6.01. The van der Waals surface area contributed by atoms with Gasteiger partial charge >= 0.3 is 6.36 Å². The van der Waals surface area contributed by atoms with E-state index in [1.54, 1.807) is 12.3 Å². The molecule has 112 valence electrons. The Labute approximate surface area is 122 Å². The van der Waals surface area contributed by atoms with E-state index in [1.807, 2.05) is 0 Å². The van der Waals surface area contributed by atoms with E-state index in [0.717, 1.165) is 0 Å². The van der Waals surface area contributed by atoms with E-state index < -0.39 is 6.36 Å². The van der Waals surface area contributed by atoms with Gasteiger partial charge in [0.05, 0.1) is 0 Å². The molecule has 0 saturated carbocycles. The number of nitrogens with one attached hydrogen (secondary N) is 1. The molecule has 9 heteroatoms. The number of hydrogen-bond donors (Lipinski definition) is 2. The van der Waals surface area contributed by atoms with Crippen molar-refractivity contribution in [3.63, 3.8) is 0 Å². The maximum absolute atomic E-state index is 12.2. The van der Waals surface area contributed by atoms with Gasteiger partial charge in [-0.15, -0.1) is 13.2 Å². The fourth-order valence-corrected chi connectivity index (χ4v) is 1.90. The van der Waals surface area contributed by atoms with Crippen molar-refractivity contribution in [1.82, 2.24) is 9.97 Å². The molecule has 0 aliphatic heterocycles.